The van der Waals surface area contributed by atoms with E-state index in [0.717, 1.165) is 12.0 Å². The molecule has 2 N–H and O–H groups in total. The van der Waals surface area contributed by atoms with Gasteiger partial charge in [0.2, 0.25) is 0 Å². The van der Waals surface area contributed by atoms with Crippen molar-refractivity contribution in [3.05, 3.63) is 66.2 Å². The van der Waals surface area contributed by atoms with Gasteiger partial charge in [-0.1, -0.05) is 31.7 Å². The lowest BCUT2D eigenvalue weighted by atomic mass is 10.2. The van der Waals surface area contributed by atoms with Gasteiger partial charge in [0, 0.05) is 5.56 Å². The standard InChI is InChI=1S/C22H26N2O3S/c1-5-16(4)27-18-10-8-9-17(13-18)21(25)24-22(28)23-19-11-6-7-12-20(19)26-14-15(2)3/h6-13,16H,2,5,14H2,1,3-4H3,(H2,23,24,25,28). The molecule has 1 unspecified atom stereocenters. The number of thiocarbonyl (C=S) groups is 1. The molecule has 2 aromatic rings. The van der Waals surface area contributed by atoms with Crippen molar-refractivity contribution < 1.29 is 14.3 Å². The Morgan fingerprint density at radius 1 is 1.21 bits per heavy atom. The van der Waals surface area contributed by atoms with Gasteiger partial charge in [0.25, 0.3) is 5.91 Å². The molecule has 1 atom stereocenters. The van der Waals surface area contributed by atoms with Crippen LogP contribution in [0.2, 0.25) is 0 Å². The molecule has 0 aliphatic carbocycles. The number of carbonyl (C=O) groups is 1. The van der Waals surface area contributed by atoms with E-state index in [0.29, 0.717) is 29.4 Å². The Kier molecular flexibility index (Phi) is 8.02. The Morgan fingerprint density at radius 2 is 1.96 bits per heavy atom. The highest BCUT2D eigenvalue weighted by atomic mass is 32.1. The van der Waals surface area contributed by atoms with Gasteiger partial charge < -0.3 is 14.8 Å². The van der Waals surface area contributed by atoms with Crippen molar-refractivity contribution in [1.29, 1.82) is 0 Å². The summed E-state index contributed by atoms with van der Waals surface area (Å²) >= 11 is 5.28. The maximum atomic E-state index is 12.5. The number of nitrogens with one attached hydrogen (secondary N) is 2. The first-order chi connectivity index (χ1) is 13.4. The first kappa shape index (κ1) is 21.4. The van der Waals surface area contributed by atoms with Crippen molar-refractivity contribution in [1.82, 2.24) is 5.32 Å². The van der Waals surface area contributed by atoms with E-state index in [1.54, 1.807) is 18.2 Å². The predicted octanol–water partition coefficient (Wildman–Crippen LogP) is 4.95. The molecule has 0 spiro atoms. The molecule has 0 saturated heterocycles. The normalized spacial score (nSPS) is 11.2. The van der Waals surface area contributed by atoms with E-state index in [9.17, 15) is 4.79 Å². The molecule has 0 bridgehead atoms. The van der Waals surface area contributed by atoms with Crippen LogP contribution in [-0.2, 0) is 0 Å². The van der Waals surface area contributed by atoms with E-state index in [1.807, 2.05) is 51.1 Å². The molecule has 2 aromatic carbocycles. The number of anilines is 1. The fourth-order valence-electron chi connectivity index (χ4n) is 2.25. The Hall–Kier alpha value is -2.86. The van der Waals surface area contributed by atoms with E-state index in [-0.39, 0.29) is 17.1 Å². The van der Waals surface area contributed by atoms with Crippen LogP contribution in [0.25, 0.3) is 0 Å². The lowest BCUT2D eigenvalue weighted by molar-refractivity contribution is 0.0977. The summed E-state index contributed by atoms with van der Waals surface area (Å²) in [7, 11) is 0. The van der Waals surface area contributed by atoms with Crippen molar-refractivity contribution in [2.75, 3.05) is 11.9 Å². The van der Waals surface area contributed by atoms with Crippen LogP contribution in [-0.4, -0.2) is 23.7 Å². The van der Waals surface area contributed by atoms with E-state index in [1.165, 1.54) is 0 Å². The lowest BCUT2D eigenvalue weighted by Crippen LogP contribution is -2.34. The first-order valence-electron chi connectivity index (χ1n) is 9.14. The van der Waals surface area contributed by atoms with Crippen LogP contribution < -0.4 is 20.1 Å². The van der Waals surface area contributed by atoms with Crippen LogP contribution in [0.5, 0.6) is 11.5 Å². The monoisotopic (exact) mass is 398 g/mol. The maximum absolute atomic E-state index is 12.5. The molecule has 0 saturated carbocycles. The molecule has 2 rings (SSSR count). The number of benzene rings is 2. The zero-order valence-corrected chi connectivity index (χ0v) is 17.3. The summed E-state index contributed by atoms with van der Waals surface area (Å²) in [5.74, 6) is 0.970. The van der Waals surface area contributed by atoms with Gasteiger partial charge in [-0.2, -0.15) is 0 Å². The average molecular weight is 399 g/mol. The van der Waals surface area contributed by atoms with Crippen molar-refractivity contribution in [3.63, 3.8) is 0 Å². The minimum atomic E-state index is -0.313. The molecule has 148 valence electrons. The SMILES string of the molecule is C=C(C)COc1ccccc1NC(=S)NC(=O)c1cccc(OC(C)CC)c1. The topological polar surface area (TPSA) is 59.6 Å². The minimum absolute atomic E-state index is 0.0803. The third-order valence-corrected chi connectivity index (χ3v) is 4.05. The van der Waals surface area contributed by atoms with Crippen LogP contribution in [0, 0.1) is 0 Å². The van der Waals surface area contributed by atoms with Gasteiger partial charge >= 0.3 is 0 Å². The third kappa shape index (κ3) is 6.70. The van der Waals surface area contributed by atoms with E-state index >= 15 is 0 Å². The van der Waals surface area contributed by atoms with Crippen molar-refractivity contribution in [2.24, 2.45) is 0 Å². The van der Waals surface area contributed by atoms with Crippen LogP contribution in [0.1, 0.15) is 37.6 Å². The van der Waals surface area contributed by atoms with Crippen LogP contribution in [0.15, 0.2) is 60.7 Å². The predicted molar refractivity (Wildman–Crippen MR) is 117 cm³/mol. The molecule has 0 aliphatic heterocycles. The minimum Gasteiger partial charge on any atom is -0.491 e. The smallest absolute Gasteiger partial charge is 0.257 e. The van der Waals surface area contributed by atoms with Gasteiger partial charge in [-0.15, -0.1) is 0 Å². The summed E-state index contributed by atoms with van der Waals surface area (Å²) in [5, 5.41) is 5.87. The van der Waals surface area contributed by atoms with Gasteiger partial charge in [0.05, 0.1) is 11.8 Å². The van der Waals surface area contributed by atoms with Crippen molar-refractivity contribution >= 4 is 28.9 Å². The number of para-hydroxylation sites is 2. The second-order valence-electron chi connectivity index (χ2n) is 6.51. The largest absolute Gasteiger partial charge is 0.491 e. The Labute approximate surface area is 171 Å². The summed E-state index contributed by atoms with van der Waals surface area (Å²) in [6.45, 7) is 10.1. The van der Waals surface area contributed by atoms with Crippen molar-refractivity contribution in [2.45, 2.75) is 33.3 Å². The molecular formula is C22H26N2O3S. The number of amides is 1. The summed E-state index contributed by atoms with van der Waals surface area (Å²) in [6.07, 6.45) is 0.967. The molecule has 0 radical (unpaired) electrons. The van der Waals surface area contributed by atoms with Crippen LogP contribution in [0.4, 0.5) is 5.69 Å². The third-order valence-electron chi connectivity index (χ3n) is 3.84. The van der Waals surface area contributed by atoms with Gasteiger partial charge in [0.1, 0.15) is 18.1 Å². The van der Waals surface area contributed by atoms with E-state index in [2.05, 4.69) is 17.2 Å². The maximum Gasteiger partial charge on any atom is 0.257 e. The molecule has 5 nitrogen and oxygen atoms in total. The molecule has 1 amide bonds. The van der Waals surface area contributed by atoms with Crippen LogP contribution in [0.3, 0.4) is 0 Å². The zero-order chi connectivity index (χ0) is 20.5. The molecule has 0 fully saturated rings. The molecule has 28 heavy (non-hydrogen) atoms. The second-order valence-corrected chi connectivity index (χ2v) is 6.92. The van der Waals surface area contributed by atoms with Gasteiger partial charge in [-0.25, -0.2) is 0 Å². The number of carbonyl (C=O) groups excluding carboxylic acids is 1. The first-order valence-corrected chi connectivity index (χ1v) is 9.55. The van der Waals surface area contributed by atoms with Gasteiger partial charge in [-0.3, -0.25) is 10.1 Å². The summed E-state index contributed by atoms with van der Waals surface area (Å²) in [5.41, 5.74) is 2.05. The van der Waals surface area contributed by atoms with Gasteiger partial charge in [0.15, 0.2) is 5.11 Å². The molecule has 0 aromatic heterocycles. The van der Waals surface area contributed by atoms with E-state index in [4.69, 9.17) is 21.7 Å². The summed E-state index contributed by atoms with van der Waals surface area (Å²) in [6, 6.07) is 14.4. The zero-order valence-electron chi connectivity index (χ0n) is 16.5. The Balaban J connectivity index is 2.01. The summed E-state index contributed by atoms with van der Waals surface area (Å²) in [4.78, 5) is 12.5. The molecular weight excluding hydrogens is 372 g/mol. The second kappa shape index (κ2) is 10.5. The number of ether oxygens (including phenoxy) is 2. The van der Waals surface area contributed by atoms with Gasteiger partial charge in [-0.05, 0) is 68.4 Å². The number of hydrogen-bond acceptors (Lipinski definition) is 4. The molecule has 0 heterocycles. The van der Waals surface area contributed by atoms with Crippen molar-refractivity contribution in [3.8, 4) is 11.5 Å². The molecule has 6 heteroatoms. The fraction of sp³-hybridized carbons (Fsp3) is 0.273. The number of rotatable bonds is 8. The summed E-state index contributed by atoms with van der Waals surface area (Å²) < 4.78 is 11.5. The fourth-order valence-corrected chi connectivity index (χ4v) is 2.45. The Morgan fingerprint density at radius 3 is 2.68 bits per heavy atom. The highest BCUT2D eigenvalue weighted by Gasteiger charge is 2.11. The van der Waals surface area contributed by atoms with Crippen LogP contribution >= 0.6 is 12.2 Å². The van der Waals surface area contributed by atoms with E-state index < -0.39 is 0 Å². The highest BCUT2D eigenvalue weighted by Crippen LogP contribution is 2.24. The quantitative estimate of drug-likeness (QED) is 0.487. The Bertz CT molecular complexity index is 851. The number of hydrogen-bond donors (Lipinski definition) is 2. The lowest BCUT2D eigenvalue weighted by Gasteiger charge is -2.15. The molecule has 0 aliphatic rings. The average Bonchev–Trinajstić information content (AvgIpc) is 2.67. The highest BCUT2D eigenvalue weighted by molar-refractivity contribution is 7.80.